The Balaban J connectivity index is 1.55. The Morgan fingerprint density at radius 2 is 2.00 bits per heavy atom. The van der Waals surface area contributed by atoms with Gasteiger partial charge in [-0.1, -0.05) is 25.3 Å². The van der Waals surface area contributed by atoms with Crippen molar-refractivity contribution in [3.63, 3.8) is 0 Å². The number of pyridine rings is 1. The van der Waals surface area contributed by atoms with E-state index in [-0.39, 0.29) is 0 Å². The number of guanidine groups is 1. The van der Waals surface area contributed by atoms with Crippen molar-refractivity contribution in [2.75, 3.05) is 46.4 Å². The van der Waals surface area contributed by atoms with E-state index < -0.39 is 0 Å². The molecule has 2 aliphatic rings. The summed E-state index contributed by atoms with van der Waals surface area (Å²) in [6.07, 6.45) is 8.49. The third kappa shape index (κ3) is 5.91. The number of aryl methyl sites for hydroxylation is 1. The Hall–Kier alpha value is -1.66. The monoisotopic (exact) mass is 373 g/mol. The molecule has 27 heavy (non-hydrogen) atoms. The lowest BCUT2D eigenvalue weighted by molar-refractivity contribution is 0.00820. The predicted molar refractivity (Wildman–Crippen MR) is 110 cm³/mol. The fourth-order valence-electron chi connectivity index (χ4n) is 4.29. The Morgan fingerprint density at radius 1 is 1.22 bits per heavy atom. The molecule has 0 radical (unpaired) electrons. The fraction of sp³-hybridized carbons (Fsp3) is 0.714. The van der Waals surface area contributed by atoms with Crippen molar-refractivity contribution >= 4 is 5.96 Å². The van der Waals surface area contributed by atoms with E-state index >= 15 is 0 Å². The Bertz CT molecular complexity index is 606. The van der Waals surface area contributed by atoms with Crippen molar-refractivity contribution in [1.82, 2.24) is 20.5 Å². The molecule has 2 N–H and O–H groups in total. The minimum absolute atomic E-state index is 0.341. The van der Waals surface area contributed by atoms with Gasteiger partial charge >= 0.3 is 0 Å². The number of aromatic nitrogens is 1. The number of ether oxygens (including phenoxy) is 1. The number of hydrogen-bond acceptors (Lipinski definition) is 4. The van der Waals surface area contributed by atoms with Gasteiger partial charge in [0.15, 0.2) is 5.96 Å². The predicted octanol–water partition coefficient (Wildman–Crippen LogP) is 2.34. The topological polar surface area (TPSA) is 61.8 Å². The Morgan fingerprint density at radius 3 is 2.70 bits per heavy atom. The summed E-state index contributed by atoms with van der Waals surface area (Å²) in [5.74, 6) is 0.868. The second-order valence-corrected chi connectivity index (χ2v) is 8.00. The maximum Gasteiger partial charge on any atom is 0.191 e. The number of rotatable bonds is 6. The van der Waals surface area contributed by atoms with Crippen LogP contribution in [0.15, 0.2) is 23.3 Å². The SMILES string of the molecule is CN=C(NCc1ncccc1C)NCC1(CN2CCOCC2)CCCCC1. The van der Waals surface area contributed by atoms with Gasteiger partial charge in [-0.2, -0.15) is 0 Å². The first-order chi connectivity index (χ1) is 13.2. The second-order valence-electron chi connectivity index (χ2n) is 8.00. The molecule has 1 aliphatic heterocycles. The lowest BCUT2D eigenvalue weighted by Gasteiger charge is -2.42. The standard InChI is InChI=1S/C21H35N5O/c1-18-7-6-10-23-19(18)15-24-20(22-2)25-16-21(8-4-3-5-9-21)17-26-11-13-27-14-12-26/h6-7,10H,3-5,8-9,11-17H2,1-2H3,(H2,22,24,25). The van der Waals surface area contributed by atoms with Gasteiger partial charge in [0.05, 0.1) is 25.5 Å². The van der Waals surface area contributed by atoms with Crippen molar-refractivity contribution < 1.29 is 4.74 Å². The third-order valence-electron chi connectivity index (χ3n) is 5.97. The molecular weight excluding hydrogens is 338 g/mol. The van der Waals surface area contributed by atoms with Crippen molar-refractivity contribution in [2.24, 2.45) is 10.4 Å². The van der Waals surface area contributed by atoms with E-state index in [1.807, 2.05) is 19.3 Å². The maximum absolute atomic E-state index is 5.53. The minimum Gasteiger partial charge on any atom is -0.379 e. The van der Waals surface area contributed by atoms with Gasteiger partial charge in [0, 0.05) is 44.8 Å². The van der Waals surface area contributed by atoms with Crippen LogP contribution < -0.4 is 10.6 Å². The lowest BCUT2D eigenvalue weighted by atomic mass is 9.73. The van der Waals surface area contributed by atoms with Crippen molar-refractivity contribution in [2.45, 2.75) is 45.6 Å². The molecule has 3 rings (SSSR count). The van der Waals surface area contributed by atoms with E-state index in [9.17, 15) is 0 Å². The van der Waals surface area contributed by atoms with E-state index in [4.69, 9.17) is 4.74 Å². The van der Waals surface area contributed by atoms with E-state index in [0.29, 0.717) is 12.0 Å². The first-order valence-corrected chi connectivity index (χ1v) is 10.4. The van der Waals surface area contributed by atoms with Gasteiger partial charge in [0.25, 0.3) is 0 Å². The summed E-state index contributed by atoms with van der Waals surface area (Å²) in [5, 5.41) is 7.04. The van der Waals surface area contributed by atoms with Crippen LogP contribution in [0.25, 0.3) is 0 Å². The van der Waals surface area contributed by atoms with E-state index in [0.717, 1.165) is 44.5 Å². The van der Waals surface area contributed by atoms with Gasteiger partial charge in [-0.05, 0) is 31.4 Å². The number of nitrogens with one attached hydrogen (secondary N) is 2. The quantitative estimate of drug-likeness (QED) is 0.592. The largest absolute Gasteiger partial charge is 0.379 e. The molecule has 0 aromatic carbocycles. The Labute approximate surface area is 163 Å². The van der Waals surface area contributed by atoms with Crippen LogP contribution in [0.3, 0.4) is 0 Å². The summed E-state index contributed by atoms with van der Waals surface area (Å²) < 4.78 is 5.53. The van der Waals surface area contributed by atoms with Gasteiger partial charge < -0.3 is 15.4 Å². The molecule has 1 saturated carbocycles. The lowest BCUT2D eigenvalue weighted by Crippen LogP contribution is -2.51. The van der Waals surface area contributed by atoms with Gasteiger partial charge in [-0.25, -0.2) is 0 Å². The molecule has 6 heteroatoms. The molecule has 1 aromatic rings. The summed E-state index contributed by atoms with van der Waals surface area (Å²) in [5.41, 5.74) is 2.62. The van der Waals surface area contributed by atoms with E-state index in [2.05, 4.69) is 38.5 Å². The highest BCUT2D eigenvalue weighted by Crippen LogP contribution is 2.36. The average molecular weight is 374 g/mol. The van der Waals surface area contributed by atoms with Crippen LogP contribution in [-0.4, -0.2) is 62.3 Å². The van der Waals surface area contributed by atoms with Crippen LogP contribution in [0.5, 0.6) is 0 Å². The first kappa shape index (κ1) is 20.1. The van der Waals surface area contributed by atoms with Gasteiger partial charge in [0.2, 0.25) is 0 Å². The first-order valence-electron chi connectivity index (χ1n) is 10.4. The highest BCUT2D eigenvalue weighted by molar-refractivity contribution is 5.79. The molecule has 0 atom stereocenters. The molecule has 1 aromatic heterocycles. The summed E-state index contributed by atoms with van der Waals surface area (Å²) in [7, 11) is 1.84. The number of aliphatic imine (C=N–C) groups is 1. The molecule has 150 valence electrons. The summed E-state index contributed by atoms with van der Waals surface area (Å²) in [4.78, 5) is 11.5. The molecule has 2 fully saturated rings. The third-order valence-corrected chi connectivity index (χ3v) is 5.97. The van der Waals surface area contributed by atoms with Crippen molar-refractivity contribution in [1.29, 1.82) is 0 Å². The molecule has 0 amide bonds. The second kappa shape index (κ2) is 10.0. The van der Waals surface area contributed by atoms with Crippen LogP contribution >= 0.6 is 0 Å². The highest BCUT2D eigenvalue weighted by Gasteiger charge is 2.34. The van der Waals surface area contributed by atoms with E-state index in [1.165, 1.54) is 44.2 Å². The van der Waals surface area contributed by atoms with Gasteiger partial charge in [-0.3, -0.25) is 14.9 Å². The molecular formula is C21H35N5O. The maximum atomic E-state index is 5.53. The summed E-state index contributed by atoms with van der Waals surface area (Å²) in [6, 6.07) is 4.07. The van der Waals surface area contributed by atoms with Crippen molar-refractivity contribution in [3.8, 4) is 0 Å². The summed E-state index contributed by atoms with van der Waals surface area (Å²) in [6.45, 7) is 8.81. The smallest absolute Gasteiger partial charge is 0.191 e. The number of morpholine rings is 1. The zero-order valence-corrected chi connectivity index (χ0v) is 17.0. The minimum atomic E-state index is 0.341. The van der Waals surface area contributed by atoms with Gasteiger partial charge in [0.1, 0.15) is 0 Å². The zero-order chi connectivity index (χ0) is 19.0. The van der Waals surface area contributed by atoms with Crippen LogP contribution in [0.1, 0.15) is 43.4 Å². The molecule has 0 unspecified atom stereocenters. The number of hydrogen-bond donors (Lipinski definition) is 2. The molecule has 1 saturated heterocycles. The van der Waals surface area contributed by atoms with Crippen LogP contribution in [0, 0.1) is 12.3 Å². The van der Waals surface area contributed by atoms with Crippen molar-refractivity contribution in [3.05, 3.63) is 29.6 Å². The molecule has 6 nitrogen and oxygen atoms in total. The van der Waals surface area contributed by atoms with Crippen LogP contribution in [0.2, 0.25) is 0 Å². The fourth-order valence-corrected chi connectivity index (χ4v) is 4.29. The number of nitrogens with zero attached hydrogens (tertiary/aromatic N) is 3. The highest BCUT2D eigenvalue weighted by atomic mass is 16.5. The van der Waals surface area contributed by atoms with E-state index in [1.54, 1.807) is 0 Å². The molecule has 0 bridgehead atoms. The molecule has 0 spiro atoms. The van der Waals surface area contributed by atoms with Crippen LogP contribution in [0.4, 0.5) is 0 Å². The van der Waals surface area contributed by atoms with Gasteiger partial charge in [-0.15, -0.1) is 0 Å². The zero-order valence-electron chi connectivity index (χ0n) is 17.0. The van der Waals surface area contributed by atoms with Crippen LogP contribution in [-0.2, 0) is 11.3 Å². The average Bonchev–Trinajstić information content (AvgIpc) is 2.71. The summed E-state index contributed by atoms with van der Waals surface area (Å²) >= 11 is 0. The molecule has 2 heterocycles. The molecule has 1 aliphatic carbocycles. The normalized spacial score (nSPS) is 21.0. The Kier molecular flexibility index (Phi) is 7.47.